The van der Waals surface area contributed by atoms with E-state index in [-0.39, 0.29) is 24.4 Å². The van der Waals surface area contributed by atoms with Crippen molar-refractivity contribution in [2.24, 2.45) is 0 Å². The first-order chi connectivity index (χ1) is 8.03. The molecular formula is C10H21N3O3S. The van der Waals surface area contributed by atoms with Gasteiger partial charge in [0.1, 0.15) is 0 Å². The zero-order chi connectivity index (χ0) is 12.7. The monoisotopic (exact) mass is 263 g/mol. The van der Waals surface area contributed by atoms with Crippen molar-refractivity contribution in [3.05, 3.63) is 0 Å². The van der Waals surface area contributed by atoms with Crippen LogP contribution in [0.15, 0.2) is 0 Å². The number of amides is 2. The van der Waals surface area contributed by atoms with Gasteiger partial charge in [0.25, 0.3) is 0 Å². The van der Waals surface area contributed by atoms with Crippen molar-refractivity contribution in [2.75, 3.05) is 19.3 Å². The number of nitrogens with one attached hydrogen (secondary N) is 3. The Kier molecular flexibility index (Phi) is 5.70. The summed E-state index contributed by atoms with van der Waals surface area (Å²) in [6.07, 6.45) is 5.57. The fraction of sp³-hybridized carbons (Fsp3) is 0.900. The molecule has 0 heterocycles. The second-order valence-corrected chi connectivity index (χ2v) is 6.30. The van der Waals surface area contributed by atoms with Gasteiger partial charge in [0, 0.05) is 12.6 Å². The first-order valence-corrected chi connectivity index (χ1v) is 7.64. The van der Waals surface area contributed by atoms with E-state index in [1.165, 1.54) is 13.5 Å². The van der Waals surface area contributed by atoms with Crippen molar-refractivity contribution in [1.82, 2.24) is 15.4 Å². The maximum absolute atomic E-state index is 11.4. The minimum atomic E-state index is -3.24. The summed E-state index contributed by atoms with van der Waals surface area (Å²) in [5.74, 6) is -0.0956. The SMILES string of the molecule is CNS(=O)(=O)CCNC(=O)NC1CCCCC1. The lowest BCUT2D eigenvalue weighted by Gasteiger charge is -2.22. The van der Waals surface area contributed by atoms with Gasteiger partial charge in [-0.2, -0.15) is 0 Å². The van der Waals surface area contributed by atoms with E-state index in [0.29, 0.717) is 0 Å². The Morgan fingerprint density at radius 1 is 1.24 bits per heavy atom. The van der Waals surface area contributed by atoms with Crippen LogP contribution < -0.4 is 15.4 Å². The molecule has 0 aromatic heterocycles. The van der Waals surface area contributed by atoms with Gasteiger partial charge in [0.2, 0.25) is 10.0 Å². The van der Waals surface area contributed by atoms with Gasteiger partial charge in [0.05, 0.1) is 5.75 Å². The van der Waals surface area contributed by atoms with E-state index in [1.54, 1.807) is 0 Å². The molecule has 0 bridgehead atoms. The maximum atomic E-state index is 11.4. The van der Waals surface area contributed by atoms with Crippen molar-refractivity contribution in [3.63, 3.8) is 0 Å². The average molecular weight is 263 g/mol. The van der Waals surface area contributed by atoms with Gasteiger partial charge in [-0.15, -0.1) is 0 Å². The highest BCUT2D eigenvalue weighted by molar-refractivity contribution is 7.89. The molecule has 0 saturated heterocycles. The first kappa shape index (κ1) is 14.2. The highest BCUT2D eigenvalue weighted by Crippen LogP contribution is 2.16. The molecule has 1 rings (SSSR count). The van der Waals surface area contributed by atoms with Crippen molar-refractivity contribution in [3.8, 4) is 0 Å². The van der Waals surface area contributed by atoms with Gasteiger partial charge in [-0.1, -0.05) is 19.3 Å². The van der Waals surface area contributed by atoms with Crippen molar-refractivity contribution < 1.29 is 13.2 Å². The van der Waals surface area contributed by atoms with E-state index in [1.807, 2.05) is 0 Å². The molecule has 6 nitrogen and oxygen atoms in total. The lowest BCUT2D eigenvalue weighted by atomic mass is 9.96. The van der Waals surface area contributed by atoms with E-state index in [2.05, 4.69) is 15.4 Å². The minimum absolute atomic E-state index is 0.0956. The summed E-state index contributed by atoms with van der Waals surface area (Å²) >= 11 is 0. The highest BCUT2D eigenvalue weighted by Gasteiger charge is 2.15. The largest absolute Gasteiger partial charge is 0.337 e. The number of carbonyl (C=O) groups is 1. The standard InChI is InChI=1S/C10H21N3O3S/c1-11-17(15,16)8-7-12-10(14)13-9-5-3-2-4-6-9/h9,11H,2-8H2,1H3,(H2,12,13,14). The lowest BCUT2D eigenvalue weighted by molar-refractivity contribution is 0.233. The zero-order valence-corrected chi connectivity index (χ0v) is 11.0. The van der Waals surface area contributed by atoms with Crippen molar-refractivity contribution >= 4 is 16.1 Å². The van der Waals surface area contributed by atoms with Crippen LogP contribution in [-0.4, -0.2) is 39.8 Å². The number of hydrogen-bond acceptors (Lipinski definition) is 3. The highest BCUT2D eigenvalue weighted by atomic mass is 32.2. The average Bonchev–Trinajstić information content (AvgIpc) is 2.30. The van der Waals surface area contributed by atoms with Crippen LogP contribution in [0.5, 0.6) is 0 Å². The Labute approximate surface area is 103 Å². The molecule has 0 spiro atoms. The summed E-state index contributed by atoms with van der Waals surface area (Å²) in [5.41, 5.74) is 0. The van der Waals surface area contributed by atoms with E-state index in [9.17, 15) is 13.2 Å². The van der Waals surface area contributed by atoms with Crippen LogP contribution in [-0.2, 0) is 10.0 Å². The van der Waals surface area contributed by atoms with Crippen LogP contribution in [0.2, 0.25) is 0 Å². The molecule has 0 aromatic carbocycles. The van der Waals surface area contributed by atoms with E-state index < -0.39 is 10.0 Å². The van der Waals surface area contributed by atoms with Gasteiger partial charge >= 0.3 is 6.03 Å². The van der Waals surface area contributed by atoms with Crippen LogP contribution in [0, 0.1) is 0 Å². The first-order valence-electron chi connectivity index (χ1n) is 5.99. The summed E-state index contributed by atoms with van der Waals surface area (Å²) < 4.78 is 24.4. The molecule has 2 amide bonds. The molecule has 1 fully saturated rings. The Morgan fingerprint density at radius 3 is 2.47 bits per heavy atom. The van der Waals surface area contributed by atoms with Gasteiger partial charge in [-0.25, -0.2) is 17.9 Å². The van der Waals surface area contributed by atoms with E-state index in [0.717, 1.165) is 25.7 Å². The minimum Gasteiger partial charge on any atom is -0.337 e. The lowest BCUT2D eigenvalue weighted by Crippen LogP contribution is -2.44. The Bertz CT molecular complexity index is 337. The number of carbonyl (C=O) groups excluding carboxylic acids is 1. The third kappa shape index (κ3) is 5.88. The molecule has 17 heavy (non-hydrogen) atoms. The topological polar surface area (TPSA) is 87.3 Å². The van der Waals surface area contributed by atoms with Crippen LogP contribution in [0.1, 0.15) is 32.1 Å². The molecule has 0 atom stereocenters. The summed E-state index contributed by atoms with van der Waals surface area (Å²) in [6, 6.07) is -0.0344. The predicted octanol–water partition coefficient (Wildman–Crippen LogP) is 0.167. The van der Waals surface area contributed by atoms with Crippen molar-refractivity contribution in [1.29, 1.82) is 0 Å². The van der Waals surface area contributed by atoms with Gasteiger partial charge < -0.3 is 10.6 Å². The summed E-state index contributed by atoms with van der Waals surface area (Å²) in [4.78, 5) is 11.4. The fourth-order valence-electron chi connectivity index (χ4n) is 1.88. The number of hydrogen-bond donors (Lipinski definition) is 3. The second-order valence-electron chi connectivity index (χ2n) is 4.26. The molecule has 0 aliphatic heterocycles. The molecule has 3 N–H and O–H groups in total. The van der Waals surface area contributed by atoms with Gasteiger partial charge in [-0.3, -0.25) is 0 Å². The third-order valence-electron chi connectivity index (χ3n) is 2.91. The summed E-state index contributed by atoms with van der Waals surface area (Å²) in [7, 11) is -1.88. The normalized spacial score (nSPS) is 17.7. The quantitative estimate of drug-likeness (QED) is 0.660. The van der Waals surface area contributed by atoms with Crippen LogP contribution in [0.3, 0.4) is 0 Å². The van der Waals surface area contributed by atoms with E-state index >= 15 is 0 Å². The number of rotatable bonds is 5. The predicted molar refractivity (Wildman–Crippen MR) is 66.3 cm³/mol. The number of sulfonamides is 1. The molecule has 0 radical (unpaired) electrons. The van der Waals surface area contributed by atoms with Gasteiger partial charge in [0.15, 0.2) is 0 Å². The Morgan fingerprint density at radius 2 is 1.88 bits per heavy atom. The Balaban J connectivity index is 2.16. The molecule has 0 unspecified atom stereocenters. The van der Waals surface area contributed by atoms with Crippen LogP contribution in [0.25, 0.3) is 0 Å². The number of urea groups is 1. The second kappa shape index (κ2) is 6.80. The molecule has 7 heteroatoms. The zero-order valence-electron chi connectivity index (χ0n) is 10.2. The maximum Gasteiger partial charge on any atom is 0.315 e. The van der Waals surface area contributed by atoms with Gasteiger partial charge in [-0.05, 0) is 19.9 Å². The summed E-state index contributed by atoms with van der Waals surface area (Å²) in [5, 5.41) is 5.41. The molecule has 1 saturated carbocycles. The van der Waals surface area contributed by atoms with E-state index in [4.69, 9.17) is 0 Å². The molecule has 100 valence electrons. The third-order valence-corrected chi connectivity index (χ3v) is 4.27. The molecule has 0 aromatic rings. The van der Waals surface area contributed by atoms with Crippen LogP contribution >= 0.6 is 0 Å². The molecule has 1 aliphatic carbocycles. The molecular weight excluding hydrogens is 242 g/mol. The summed E-state index contributed by atoms with van der Waals surface area (Å²) in [6.45, 7) is 0.127. The smallest absolute Gasteiger partial charge is 0.315 e. The fourth-order valence-corrected chi connectivity index (χ4v) is 2.46. The Hall–Kier alpha value is -0.820. The van der Waals surface area contributed by atoms with Crippen molar-refractivity contribution in [2.45, 2.75) is 38.1 Å². The molecule has 1 aliphatic rings. The van der Waals surface area contributed by atoms with Crippen LogP contribution in [0.4, 0.5) is 4.79 Å².